The standard InChI is InChI=1S/C10H10F4O/c1-6(15)4-7-2-3-8(9(11)5-7)10(12,13)14/h2-3,5-6,15H,4H2,1H3/t6-/m1/s1. The lowest BCUT2D eigenvalue weighted by atomic mass is 10.1. The summed E-state index contributed by atoms with van der Waals surface area (Å²) in [5.74, 6) is -1.30. The van der Waals surface area contributed by atoms with Gasteiger partial charge in [0.25, 0.3) is 0 Å². The fourth-order valence-electron chi connectivity index (χ4n) is 1.26. The number of hydrogen-bond acceptors (Lipinski definition) is 1. The van der Waals surface area contributed by atoms with Gasteiger partial charge >= 0.3 is 6.18 Å². The van der Waals surface area contributed by atoms with Gasteiger partial charge < -0.3 is 5.11 Å². The van der Waals surface area contributed by atoms with Gasteiger partial charge in [-0.05, 0) is 31.0 Å². The average Bonchev–Trinajstić information content (AvgIpc) is 1.99. The van der Waals surface area contributed by atoms with E-state index in [1.807, 2.05) is 0 Å². The van der Waals surface area contributed by atoms with E-state index in [0.29, 0.717) is 11.6 Å². The van der Waals surface area contributed by atoms with E-state index in [-0.39, 0.29) is 6.42 Å². The van der Waals surface area contributed by atoms with Crippen molar-refractivity contribution in [1.82, 2.24) is 0 Å². The molecule has 1 aromatic rings. The predicted octanol–water partition coefficient (Wildman–Crippen LogP) is 2.77. The fraction of sp³-hybridized carbons (Fsp3) is 0.400. The maximum absolute atomic E-state index is 13.0. The third kappa shape index (κ3) is 3.20. The Morgan fingerprint density at radius 1 is 1.33 bits per heavy atom. The zero-order valence-electron chi connectivity index (χ0n) is 7.98. The van der Waals surface area contributed by atoms with Gasteiger partial charge in [-0.1, -0.05) is 6.07 Å². The summed E-state index contributed by atoms with van der Waals surface area (Å²) in [5.41, 5.74) is -0.938. The molecule has 5 heteroatoms. The highest BCUT2D eigenvalue weighted by Gasteiger charge is 2.33. The van der Waals surface area contributed by atoms with Gasteiger partial charge in [0, 0.05) is 0 Å². The molecule has 0 radical (unpaired) electrons. The first-order valence-corrected chi connectivity index (χ1v) is 4.34. The Labute approximate surface area is 84.3 Å². The number of aliphatic hydroxyl groups excluding tert-OH is 1. The van der Waals surface area contributed by atoms with Gasteiger partial charge in [0.1, 0.15) is 5.82 Å². The van der Waals surface area contributed by atoms with Crippen LogP contribution < -0.4 is 0 Å². The molecule has 1 rings (SSSR count). The summed E-state index contributed by atoms with van der Waals surface area (Å²) in [6.07, 6.45) is -5.25. The van der Waals surface area contributed by atoms with E-state index in [0.717, 1.165) is 6.07 Å². The Morgan fingerprint density at radius 3 is 2.33 bits per heavy atom. The third-order valence-electron chi connectivity index (χ3n) is 1.87. The van der Waals surface area contributed by atoms with Crippen LogP contribution in [0.3, 0.4) is 0 Å². The molecule has 1 aromatic carbocycles. The summed E-state index contributed by atoms with van der Waals surface area (Å²) < 4.78 is 49.5. The Bertz CT molecular complexity index is 344. The normalized spacial score (nSPS) is 14.0. The molecular weight excluding hydrogens is 212 g/mol. The minimum Gasteiger partial charge on any atom is -0.393 e. The molecule has 0 unspecified atom stereocenters. The van der Waals surface area contributed by atoms with Crippen LogP contribution in [0.1, 0.15) is 18.1 Å². The number of rotatable bonds is 2. The van der Waals surface area contributed by atoms with Gasteiger partial charge in [0.2, 0.25) is 0 Å². The molecule has 84 valence electrons. The Kier molecular flexibility index (Phi) is 3.34. The van der Waals surface area contributed by atoms with Gasteiger partial charge in [-0.15, -0.1) is 0 Å². The van der Waals surface area contributed by atoms with Crippen LogP contribution in [0, 0.1) is 5.82 Å². The van der Waals surface area contributed by atoms with E-state index in [2.05, 4.69) is 0 Å². The molecule has 1 atom stereocenters. The van der Waals surface area contributed by atoms with Crippen molar-refractivity contribution in [3.8, 4) is 0 Å². The van der Waals surface area contributed by atoms with Crippen LogP contribution in [-0.4, -0.2) is 11.2 Å². The van der Waals surface area contributed by atoms with Crippen molar-refractivity contribution in [2.75, 3.05) is 0 Å². The number of alkyl halides is 3. The number of benzene rings is 1. The van der Waals surface area contributed by atoms with Crippen molar-refractivity contribution in [2.45, 2.75) is 25.6 Å². The molecule has 0 aromatic heterocycles. The molecule has 0 amide bonds. The summed E-state index contributed by atoms with van der Waals surface area (Å²) in [7, 11) is 0. The molecule has 0 heterocycles. The molecule has 0 fully saturated rings. The molecule has 0 spiro atoms. The molecule has 0 aliphatic carbocycles. The lowest BCUT2D eigenvalue weighted by Gasteiger charge is -2.10. The summed E-state index contributed by atoms with van der Waals surface area (Å²) in [4.78, 5) is 0. The van der Waals surface area contributed by atoms with Crippen LogP contribution in [0.2, 0.25) is 0 Å². The molecule has 15 heavy (non-hydrogen) atoms. The van der Waals surface area contributed by atoms with Crippen LogP contribution >= 0.6 is 0 Å². The zero-order chi connectivity index (χ0) is 11.6. The van der Waals surface area contributed by atoms with Gasteiger partial charge in [-0.3, -0.25) is 0 Å². The Hall–Kier alpha value is -1.10. The summed E-state index contributed by atoms with van der Waals surface area (Å²) in [5, 5.41) is 8.98. The molecule has 0 saturated heterocycles. The van der Waals surface area contributed by atoms with Gasteiger partial charge in [0.15, 0.2) is 0 Å². The van der Waals surface area contributed by atoms with E-state index in [4.69, 9.17) is 5.11 Å². The van der Waals surface area contributed by atoms with Crippen molar-refractivity contribution < 1.29 is 22.7 Å². The number of aliphatic hydroxyl groups is 1. The van der Waals surface area contributed by atoms with Crippen LogP contribution in [0.25, 0.3) is 0 Å². The number of halogens is 4. The smallest absolute Gasteiger partial charge is 0.393 e. The first kappa shape index (κ1) is 12.0. The van der Waals surface area contributed by atoms with Crippen LogP contribution in [0.4, 0.5) is 17.6 Å². The Morgan fingerprint density at radius 2 is 1.93 bits per heavy atom. The average molecular weight is 222 g/mol. The van der Waals surface area contributed by atoms with Gasteiger partial charge in [0.05, 0.1) is 11.7 Å². The highest BCUT2D eigenvalue weighted by Crippen LogP contribution is 2.31. The lowest BCUT2D eigenvalue weighted by molar-refractivity contribution is -0.140. The minimum absolute atomic E-state index is 0.134. The van der Waals surface area contributed by atoms with E-state index in [1.165, 1.54) is 13.0 Å². The van der Waals surface area contributed by atoms with Gasteiger partial charge in [-0.2, -0.15) is 13.2 Å². The largest absolute Gasteiger partial charge is 0.419 e. The maximum atomic E-state index is 13.0. The van der Waals surface area contributed by atoms with E-state index < -0.39 is 23.7 Å². The van der Waals surface area contributed by atoms with E-state index in [1.54, 1.807) is 0 Å². The minimum atomic E-state index is -4.67. The Balaban J connectivity index is 2.99. The predicted molar refractivity (Wildman–Crippen MR) is 46.8 cm³/mol. The second kappa shape index (κ2) is 4.18. The highest BCUT2D eigenvalue weighted by atomic mass is 19.4. The second-order valence-electron chi connectivity index (χ2n) is 3.37. The fourth-order valence-corrected chi connectivity index (χ4v) is 1.26. The highest BCUT2D eigenvalue weighted by molar-refractivity contribution is 5.26. The van der Waals surface area contributed by atoms with Gasteiger partial charge in [-0.25, -0.2) is 4.39 Å². The number of hydrogen-bond donors (Lipinski definition) is 1. The van der Waals surface area contributed by atoms with Crippen molar-refractivity contribution in [3.05, 3.63) is 35.1 Å². The monoisotopic (exact) mass is 222 g/mol. The molecule has 1 N–H and O–H groups in total. The third-order valence-corrected chi connectivity index (χ3v) is 1.87. The molecule has 0 bridgehead atoms. The quantitative estimate of drug-likeness (QED) is 0.763. The molecule has 0 aliphatic rings. The molecule has 1 nitrogen and oxygen atoms in total. The summed E-state index contributed by atoms with van der Waals surface area (Å²) >= 11 is 0. The van der Waals surface area contributed by atoms with E-state index in [9.17, 15) is 17.6 Å². The maximum Gasteiger partial charge on any atom is 0.419 e. The van der Waals surface area contributed by atoms with Crippen molar-refractivity contribution in [3.63, 3.8) is 0 Å². The van der Waals surface area contributed by atoms with Crippen molar-refractivity contribution in [2.24, 2.45) is 0 Å². The zero-order valence-corrected chi connectivity index (χ0v) is 7.98. The second-order valence-corrected chi connectivity index (χ2v) is 3.37. The lowest BCUT2D eigenvalue weighted by Crippen LogP contribution is -2.10. The topological polar surface area (TPSA) is 20.2 Å². The SMILES string of the molecule is C[C@@H](O)Cc1ccc(C(F)(F)F)c(F)c1. The van der Waals surface area contributed by atoms with Crippen molar-refractivity contribution >= 4 is 0 Å². The first-order valence-electron chi connectivity index (χ1n) is 4.34. The molecule has 0 aliphatic heterocycles. The molecule has 0 saturated carbocycles. The van der Waals surface area contributed by atoms with Crippen molar-refractivity contribution in [1.29, 1.82) is 0 Å². The van der Waals surface area contributed by atoms with Crippen LogP contribution in [-0.2, 0) is 12.6 Å². The first-order chi connectivity index (χ1) is 6.80. The van der Waals surface area contributed by atoms with E-state index >= 15 is 0 Å². The van der Waals surface area contributed by atoms with Crippen LogP contribution in [0.5, 0.6) is 0 Å². The van der Waals surface area contributed by atoms with Crippen LogP contribution in [0.15, 0.2) is 18.2 Å². The molecular formula is C10H10F4O. The summed E-state index contributed by atoms with van der Waals surface area (Å²) in [6, 6.07) is 2.65. The summed E-state index contributed by atoms with van der Waals surface area (Å²) in [6.45, 7) is 1.48.